The van der Waals surface area contributed by atoms with E-state index in [1.54, 1.807) is 0 Å². The molecule has 408 valence electrons. The standard InChI is InChI=1S/C53H99N4O11PS.Na/c1-3-5-7-9-11-13-15-17-19-21-23-25-29-37-50(60)65-42-45(68-51(61)38-30-26-24-22-20-18-16-14-12-10-8-6-4-2)43-67-69(63,64)66-41-40-55-49(59)35-28-27-33-39-54-48(58)36-32-31-34-47-52-46(44-70-47)56-53(62)57-52;/h45-47,52H,3-44H2,1-2H3,(H,54,58)(H,55,59)(H,63,64)(H2,56,57,62);/q;+1/p-1/t45-,46+,47+,52+;/m1./s1. The average Bonchev–Trinajstić information content (AvgIpc) is 3.90. The van der Waals surface area contributed by atoms with E-state index in [2.05, 4.69) is 34.8 Å². The van der Waals surface area contributed by atoms with Crippen molar-refractivity contribution >= 4 is 49.4 Å². The van der Waals surface area contributed by atoms with Gasteiger partial charge in [-0.15, -0.1) is 0 Å². The monoisotopic (exact) mass is 1050 g/mol. The van der Waals surface area contributed by atoms with E-state index in [4.69, 9.17) is 18.5 Å². The third-order valence-corrected chi connectivity index (χ3v) is 15.7. The van der Waals surface area contributed by atoms with Crippen molar-refractivity contribution in [3.8, 4) is 0 Å². The normalized spacial score (nSPS) is 17.7. The number of hydrogen-bond donors (Lipinski definition) is 4. The number of carbonyl (C=O) groups is 4. The van der Waals surface area contributed by atoms with Gasteiger partial charge in [0.1, 0.15) is 6.61 Å². The molecule has 2 fully saturated rings. The Morgan fingerprint density at radius 2 is 1.17 bits per heavy atom. The molecule has 0 spiro atoms. The number of hydrogen-bond acceptors (Lipinski definition) is 12. The number of urea groups is 1. The van der Waals surface area contributed by atoms with Crippen LogP contribution in [-0.4, -0.2) is 96.8 Å². The molecule has 2 saturated heterocycles. The van der Waals surface area contributed by atoms with Crippen LogP contribution in [0.15, 0.2) is 4.99 Å². The Hall–Kier alpha value is -1.39. The van der Waals surface area contributed by atoms with Crippen LogP contribution < -0.4 is 50.6 Å². The first-order valence-electron chi connectivity index (χ1n) is 28.2. The van der Waals surface area contributed by atoms with Gasteiger partial charge in [0.2, 0.25) is 5.91 Å². The van der Waals surface area contributed by atoms with Crippen LogP contribution in [0.25, 0.3) is 0 Å². The summed E-state index contributed by atoms with van der Waals surface area (Å²) in [7, 11) is -4.59. The maximum atomic E-state index is 12.8. The van der Waals surface area contributed by atoms with E-state index in [1.807, 2.05) is 11.8 Å². The molecule has 0 aromatic heterocycles. The molecule has 0 aliphatic carbocycles. The molecule has 2 heterocycles. The van der Waals surface area contributed by atoms with Gasteiger partial charge in [-0.2, -0.15) is 11.8 Å². The number of unbranched alkanes of at least 4 members (excludes halogenated alkanes) is 27. The summed E-state index contributed by atoms with van der Waals surface area (Å²) in [5.74, 6) is -0.318. The van der Waals surface area contributed by atoms with Gasteiger partial charge >= 0.3 is 55.3 Å². The fourth-order valence-electron chi connectivity index (χ4n) is 8.97. The summed E-state index contributed by atoms with van der Waals surface area (Å²) < 4.78 is 34.0. The summed E-state index contributed by atoms with van der Waals surface area (Å²) in [6, 6.07) is 0.289. The molecule has 0 saturated carbocycles. The Morgan fingerprint density at radius 1 is 0.676 bits per heavy atom. The zero-order valence-electron chi connectivity index (χ0n) is 44.8. The first-order chi connectivity index (χ1) is 34.0. The van der Waals surface area contributed by atoms with E-state index >= 15 is 0 Å². The number of phosphoric acid groups is 1. The van der Waals surface area contributed by atoms with Crippen molar-refractivity contribution in [2.24, 2.45) is 4.99 Å². The van der Waals surface area contributed by atoms with Crippen molar-refractivity contribution in [1.82, 2.24) is 16.0 Å². The number of esters is 2. The van der Waals surface area contributed by atoms with Crippen LogP contribution in [0.3, 0.4) is 0 Å². The van der Waals surface area contributed by atoms with E-state index in [-0.39, 0.29) is 98.5 Å². The minimum Gasteiger partial charge on any atom is -0.862 e. The van der Waals surface area contributed by atoms with Gasteiger partial charge in [-0.1, -0.05) is 181 Å². The van der Waals surface area contributed by atoms with Gasteiger partial charge in [0.15, 0.2) is 6.10 Å². The van der Waals surface area contributed by atoms with Crippen LogP contribution in [-0.2, 0) is 37.5 Å². The summed E-state index contributed by atoms with van der Waals surface area (Å²) >= 11 is 1.87. The second-order valence-electron chi connectivity index (χ2n) is 19.7. The van der Waals surface area contributed by atoms with Crippen molar-refractivity contribution in [2.75, 3.05) is 38.7 Å². The van der Waals surface area contributed by atoms with Gasteiger partial charge in [0.05, 0.1) is 25.3 Å². The molecule has 0 aromatic carbocycles. The Bertz CT molecular complexity index is 1450. The van der Waals surface area contributed by atoms with Crippen LogP contribution in [0.5, 0.6) is 0 Å². The van der Waals surface area contributed by atoms with Gasteiger partial charge in [-0.05, 0) is 50.8 Å². The molecule has 71 heavy (non-hydrogen) atoms. The molecule has 0 aromatic rings. The number of carbonyl (C=O) groups excluding carboxylic acids is 4. The molecule has 0 radical (unpaired) electrons. The van der Waals surface area contributed by atoms with Gasteiger partial charge in [-0.25, -0.2) is 9.36 Å². The Kier molecular flexibility index (Phi) is 43.8. The summed E-state index contributed by atoms with van der Waals surface area (Å²) in [4.78, 5) is 63.9. The number of phosphoric ester groups is 1. The molecule has 18 heteroatoms. The first kappa shape index (κ1) is 67.6. The molecular weight excluding hydrogens is 955 g/mol. The molecule has 15 nitrogen and oxygen atoms in total. The quantitative estimate of drug-likeness (QED) is 0.00857. The number of fused-ring (bicyclic) bond motifs is 1. The predicted octanol–water partition coefficient (Wildman–Crippen LogP) is 8.70. The van der Waals surface area contributed by atoms with Gasteiger partial charge in [0.25, 0.3) is 0 Å². The fourth-order valence-corrected chi connectivity index (χ4v) is 11.3. The van der Waals surface area contributed by atoms with Crippen molar-refractivity contribution in [3.05, 3.63) is 0 Å². The fraction of sp³-hybridized carbons (Fsp3) is 0.906. The van der Waals surface area contributed by atoms with Gasteiger partial charge in [0, 0.05) is 43.4 Å². The molecule has 0 bridgehead atoms. The smallest absolute Gasteiger partial charge is 0.862 e. The second-order valence-corrected chi connectivity index (χ2v) is 22.4. The maximum Gasteiger partial charge on any atom is 1.00 e. The molecule has 2 rings (SSSR count). The number of nitrogens with zero attached hydrogens (tertiary/aromatic N) is 1. The van der Waals surface area contributed by atoms with Crippen LogP contribution in [0.1, 0.15) is 245 Å². The van der Waals surface area contributed by atoms with Crippen LogP contribution >= 0.6 is 19.6 Å². The Morgan fingerprint density at radius 3 is 1.73 bits per heavy atom. The van der Waals surface area contributed by atoms with E-state index in [0.717, 1.165) is 70.0 Å². The molecule has 4 N–H and O–H groups in total. The van der Waals surface area contributed by atoms with Gasteiger partial charge < -0.3 is 40.4 Å². The summed E-state index contributed by atoms with van der Waals surface area (Å²) in [5.41, 5.74) is 0. The van der Waals surface area contributed by atoms with Crippen LogP contribution in [0, 0.1) is 0 Å². The Balaban J connectivity index is 0.0000252. The van der Waals surface area contributed by atoms with E-state index in [9.17, 15) is 33.7 Å². The minimum absolute atomic E-state index is 0. The molecular formula is C53H98N4NaO11PS. The van der Waals surface area contributed by atoms with Crippen molar-refractivity contribution in [3.63, 3.8) is 0 Å². The summed E-state index contributed by atoms with van der Waals surface area (Å²) in [5, 5.41) is 21.2. The zero-order chi connectivity index (χ0) is 50.8. The topological polar surface area (TPSA) is 214 Å². The average molecular weight is 1050 g/mol. The number of amides is 3. The Labute approximate surface area is 456 Å². The van der Waals surface area contributed by atoms with Crippen molar-refractivity contribution in [1.29, 1.82) is 0 Å². The zero-order valence-corrected chi connectivity index (χ0v) is 48.6. The number of ether oxygens (including phenoxy) is 2. The number of rotatable bonds is 49. The summed E-state index contributed by atoms with van der Waals surface area (Å²) in [6.07, 6.45) is 35.7. The van der Waals surface area contributed by atoms with E-state index in [0.29, 0.717) is 43.9 Å². The molecule has 2 aliphatic rings. The number of thioether (sulfide) groups is 1. The van der Waals surface area contributed by atoms with Crippen molar-refractivity contribution in [2.45, 2.75) is 268 Å². The number of nitrogens with one attached hydrogen (secondary N) is 3. The second kappa shape index (κ2) is 46.0. The third-order valence-electron chi connectivity index (χ3n) is 13.2. The summed E-state index contributed by atoms with van der Waals surface area (Å²) in [6.45, 7) is 3.79. The molecule has 2 aliphatic heterocycles. The van der Waals surface area contributed by atoms with Crippen LogP contribution in [0.4, 0.5) is 4.79 Å². The van der Waals surface area contributed by atoms with E-state index in [1.165, 1.54) is 116 Å². The maximum absolute atomic E-state index is 12.8. The minimum atomic E-state index is -4.59. The predicted molar refractivity (Wildman–Crippen MR) is 281 cm³/mol. The molecule has 5 atom stereocenters. The molecule has 3 amide bonds. The van der Waals surface area contributed by atoms with Crippen LogP contribution in [0.2, 0.25) is 0 Å². The largest absolute Gasteiger partial charge is 1.00 e. The third kappa shape index (κ3) is 38.8. The number of aliphatic imine (C=N–C) groups is 1. The van der Waals surface area contributed by atoms with E-state index < -0.39 is 32.5 Å². The molecule has 1 unspecified atom stereocenters. The SMILES string of the molecule is CCCCCCCCCCCCCCCC(=O)OC[C@H](COP(=O)(O)OCCNC(=O)CCCCCN=C([O-])CCCC[C@@H]1SC[C@@H]2NC(=O)N[C@@H]21)OC(=O)CCCCCCCCCCCCCCC.[Na+]. The van der Waals surface area contributed by atoms with Crippen molar-refractivity contribution < 1.29 is 81.8 Å². The van der Waals surface area contributed by atoms with Gasteiger partial charge in [-0.3, -0.25) is 23.4 Å². The first-order valence-corrected chi connectivity index (χ1v) is 30.7.